The number of ether oxygens (including phenoxy) is 1. The van der Waals surface area contributed by atoms with Crippen LogP contribution in [0.1, 0.15) is 51.5 Å². The van der Waals surface area contributed by atoms with Gasteiger partial charge in [-0.1, -0.05) is 51.3 Å². The fourth-order valence-electron chi connectivity index (χ4n) is 2.90. The highest BCUT2D eigenvalue weighted by atomic mass is 19.1. The number of hydrogen-bond acceptors (Lipinski definition) is 2. The van der Waals surface area contributed by atoms with Crippen molar-refractivity contribution in [1.29, 1.82) is 0 Å². The van der Waals surface area contributed by atoms with Gasteiger partial charge in [0, 0.05) is 12.0 Å². The van der Waals surface area contributed by atoms with E-state index in [-0.39, 0.29) is 24.4 Å². The summed E-state index contributed by atoms with van der Waals surface area (Å²) in [5, 5.41) is 2.86. The molecule has 1 amide bonds. The molecule has 0 radical (unpaired) electrons. The normalized spacial score (nSPS) is 16.5. The summed E-state index contributed by atoms with van der Waals surface area (Å²) in [6, 6.07) is 6.70. The predicted molar refractivity (Wildman–Crippen MR) is 85.3 cm³/mol. The molecule has 0 aromatic heterocycles. The van der Waals surface area contributed by atoms with Crippen LogP contribution in [0, 0.1) is 5.82 Å². The van der Waals surface area contributed by atoms with Crippen molar-refractivity contribution in [2.45, 2.75) is 57.5 Å². The zero-order valence-electron chi connectivity index (χ0n) is 13.5. The number of rotatable bonds is 6. The molecule has 22 heavy (non-hydrogen) atoms. The van der Waals surface area contributed by atoms with Gasteiger partial charge in [-0.3, -0.25) is 4.79 Å². The molecule has 3 nitrogen and oxygen atoms in total. The van der Waals surface area contributed by atoms with Crippen molar-refractivity contribution in [1.82, 2.24) is 5.32 Å². The molecule has 1 saturated carbocycles. The third-order valence-electron chi connectivity index (χ3n) is 4.33. The molecular weight excluding hydrogens is 281 g/mol. The number of amides is 1. The van der Waals surface area contributed by atoms with Crippen molar-refractivity contribution in [2.75, 3.05) is 13.2 Å². The Morgan fingerprint density at radius 1 is 1.27 bits per heavy atom. The van der Waals surface area contributed by atoms with Crippen molar-refractivity contribution in [2.24, 2.45) is 0 Å². The van der Waals surface area contributed by atoms with E-state index in [2.05, 4.69) is 5.32 Å². The second-order valence-corrected chi connectivity index (χ2v) is 6.71. The number of carbonyl (C=O) groups excluding carboxylic acids is 1. The molecule has 1 N–H and O–H groups in total. The SMILES string of the molecule is CC(C)(CNC(=O)COC1CCCCC1)c1ccccc1F. The van der Waals surface area contributed by atoms with Gasteiger partial charge in [-0.25, -0.2) is 4.39 Å². The van der Waals surface area contributed by atoms with Crippen molar-refractivity contribution in [3.63, 3.8) is 0 Å². The Morgan fingerprint density at radius 2 is 1.95 bits per heavy atom. The minimum Gasteiger partial charge on any atom is -0.368 e. The standard InChI is InChI=1S/C18H26FNO2/c1-18(2,15-10-6-7-11-16(15)19)13-20-17(21)12-22-14-8-4-3-5-9-14/h6-7,10-11,14H,3-5,8-9,12-13H2,1-2H3,(H,20,21). The highest BCUT2D eigenvalue weighted by molar-refractivity contribution is 5.77. The topological polar surface area (TPSA) is 38.3 Å². The van der Waals surface area contributed by atoms with E-state index in [0.717, 1.165) is 12.8 Å². The van der Waals surface area contributed by atoms with E-state index in [9.17, 15) is 9.18 Å². The summed E-state index contributed by atoms with van der Waals surface area (Å²) in [5.74, 6) is -0.366. The lowest BCUT2D eigenvalue weighted by Crippen LogP contribution is -2.39. The maximum absolute atomic E-state index is 13.9. The van der Waals surface area contributed by atoms with Gasteiger partial charge in [0.25, 0.3) is 0 Å². The molecule has 1 aliphatic rings. The fraction of sp³-hybridized carbons (Fsp3) is 0.611. The lowest BCUT2D eigenvalue weighted by molar-refractivity contribution is -0.128. The lowest BCUT2D eigenvalue weighted by atomic mass is 9.84. The van der Waals surface area contributed by atoms with Crippen LogP contribution >= 0.6 is 0 Å². The molecule has 2 rings (SSSR count). The van der Waals surface area contributed by atoms with E-state index in [1.54, 1.807) is 12.1 Å². The van der Waals surface area contributed by atoms with E-state index in [1.807, 2.05) is 19.9 Å². The summed E-state index contributed by atoms with van der Waals surface area (Å²) in [5.41, 5.74) is 0.162. The van der Waals surface area contributed by atoms with Crippen LogP contribution in [-0.2, 0) is 14.9 Å². The molecule has 0 unspecified atom stereocenters. The Balaban J connectivity index is 1.78. The first-order valence-corrected chi connectivity index (χ1v) is 8.12. The molecule has 4 heteroatoms. The third-order valence-corrected chi connectivity index (χ3v) is 4.33. The van der Waals surface area contributed by atoms with Gasteiger partial charge in [0.1, 0.15) is 12.4 Å². The molecule has 0 spiro atoms. The van der Waals surface area contributed by atoms with Gasteiger partial charge in [0.05, 0.1) is 6.10 Å². The van der Waals surface area contributed by atoms with Crippen LogP contribution in [0.25, 0.3) is 0 Å². The first-order chi connectivity index (χ1) is 10.5. The van der Waals surface area contributed by atoms with Crippen molar-refractivity contribution >= 4 is 5.91 Å². The van der Waals surface area contributed by atoms with Crippen molar-refractivity contribution in [3.05, 3.63) is 35.6 Å². The maximum atomic E-state index is 13.9. The first kappa shape index (κ1) is 16.9. The maximum Gasteiger partial charge on any atom is 0.246 e. The van der Waals surface area contributed by atoms with E-state index >= 15 is 0 Å². The smallest absolute Gasteiger partial charge is 0.246 e. The Morgan fingerprint density at radius 3 is 2.64 bits per heavy atom. The molecular formula is C18H26FNO2. The highest BCUT2D eigenvalue weighted by Crippen LogP contribution is 2.25. The summed E-state index contributed by atoms with van der Waals surface area (Å²) >= 11 is 0. The largest absolute Gasteiger partial charge is 0.368 e. The number of nitrogens with one attached hydrogen (secondary N) is 1. The highest BCUT2D eigenvalue weighted by Gasteiger charge is 2.24. The average Bonchev–Trinajstić information content (AvgIpc) is 2.52. The van der Waals surface area contributed by atoms with Crippen LogP contribution in [-0.4, -0.2) is 25.2 Å². The molecule has 1 aliphatic carbocycles. The minimum absolute atomic E-state index is 0.0953. The van der Waals surface area contributed by atoms with E-state index in [4.69, 9.17) is 4.74 Å². The summed E-state index contributed by atoms with van der Waals surface area (Å²) in [6.07, 6.45) is 5.96. The molecule has 122 valence electrons. The number of hydrogen-bond donors (Lipinski definition) is 1. The summed E-state index contributed by atoms with van der Waals surface area (Å²) in [7, 11) is 0. The fourth-order valence-corrected chi connectivity index (χ4v) is 2.90. The van der Waals surface area contributed by atoms with Crippen LogP contribution in [0.5, 0.6) is 0 Å². The molecule has 0 atom stereocenters. The average molecular weight is 307 g/mol. The zero-order chi connectivity index (χ0) is 16.0. The predicted octanol–water partition coefficient (Wildman–Crippen LogP) is 3.57. The number of benzene rings is 1. The Labute approximate surface area is 132 Å². The molecule has 1 fully saturated rings. The molecule has 0 bridgehead atoms. The van der Waals surface area contributed by atoms with Gasteiger partial charge < -0.3 is 10.1 Å². The zero-order valence-corrected chi connectivity index (χ0v) is 13.5. The summed E-state index contributed by atoms with van der Waals surface area (Å²) in [4.78, 5) is 11.9. The molecule has 0 saturated heterocycles. The van der Waals surface area contributed by atoms with Crippen LogP contribution in [0.15, 0.2) is 24.3 Å². The number of halogens is 1. The van der Waals surface area contributed by atoms with Crippen LogP contribution in [0.4, 0.5) is 4.39 Å². The van der Waals surface area contributed by atoms with Crippen LogP contribution in [0.3, 0.4) is 0 Å². The van der Waals surface area contributed by atoms with Gasteiger partial charge in [-0.05, 0) is 24.5 Å². The first-order valence-electron chi connectivity index (χ1n) is 8.12. The Hall–Kier alpha value is -1.42. The molecule has 1 aromatic rings. The van der Waals surface area contributed by atoms with Crippen molar-refractivity contribution < 1.29 is 13.9 Å². The monoisotopic (exact) mass is 307 g/mol. The van der Waals surface area contributed by atoms with Gasteiger partial charge in [0.15, 0.2) is 0 Å². The van der Waals surface area contributed by atoms with Crippen LogP contribution < -0.4 is 5.32 Å². The summed E-state index contributed by atoms with van der Waals surface area (Å²) < 4.78 is 19.5. The molecule has 0 heterocycles. The number of carbonyl (C=O) groups is 1. The Kier molecular flexibility index (Phi) is 5.95. The van der Waals surface area contributed by atoms with Crippen LogP contribution in [0.2, 0.25) is 0 Å². The van der Waals surface area contributed by atoms with E-state index < -0.39 is 5.41 Å². The summed E-state index contributed by atoms with van der Waals surface area (Å²) in [6.45, 7) is 4.33. The lowest BCUT2D eigenvalue weighted by Gasteiger charge is -2.26. The van der Waals surface area contributed by atoms with Gasteiger partial charge in [0.2, 0.25) is 5.91 Å². The molecule has 1 aromatic carbocycles. The third kappa shape index (κ3) is 4.80. The van der Waals surface area contributed by atoms with E-state index in [0.29, 0.717) is 12.1 Å². The van der Waals surface area contributed by atoms with Gasteiger partial charge >= 0.3 is 0 Å². The van der Waals surface area contributed by atoms with E-state index in [1.165, 1.54) is 25.3 Å². The quantitative estimate of drug-likeness (QED) is 0.872. The van der Waals surface area contributed by atoms with Gasteiger partial charge in [-0.15, -0.1) is 0 Å². The second-order valence-electron chi connectivity index (χ2n) is 6.71. The molecule has 0 aliphatic heterocycles. The van der Waals surface area contributed by atoms with Gasteiger partial charge in [-0.2, -0.15) is 0 Å². The van der Waals surface area contributed by atoms with Crippen molar-refractivity contribution in [3.8, 4) is 0 Å². The second kappa shape index (κ2) is 7.73. The minimum atomic E-state index is -0.453. The Bertz CT molecular complexity index is 496.